The van der Waals surface area contributed by atoms with E-state index in [2.05, 4.69) is 5.32 Å². The van der Waals surface area contributed by atoms with Gasteiger partial charge in [-0.15, -0.1) is 0 Å². The van der Waals surface area contributed by atoms with E-state index >= 15 is 0 Å². The molecule has 2 amide bonds. The molecule has 1 aliphatic carbocycles. The van der Waals surface area contributed by atoms with E-state index in [-0.39, 0.29) is 29.1 Å². The number of nitrogens with zero attached hydrogens (tertiary/aromatic N) is 2. The Kier molecular flexibility index (Phi) is 11.4. The van der Waals surface area contributed by atoms with E-state index in [1.165, 1.54) is 37.3 Å². The molecule has 9 nitrogen and oxygen atoms in total. The summed E-state index contributed by atoms with van der Waals surface area (Å²) in [6, 6.07) is 16.0. The van der Waals surface area contributed by atoms with Crippen molar-refractivity contribution >= 4 is 39.1 Å². The van der Waals surface area contributed by atoms with E-state index in [4.69, 9.17) is 21.1 Å². The standard InChI is InChI=1S/C34H42ClN3O6S/c1-6-30(34(40)36-27-9-7-8-10-27)37(21-25-11-13-26(35)14-12-25)33(39)22-38(28-18-23(2)17-24(3)19-28)45(41,42)29-15-16-31(43-4)32(20-29)44-5/h11-20,27,30H,6-10,21-22H2,1-5H3,(H,36,40). The molecule has 0 aliphatic heterocycles. The summed E-state index contributed by atoms with van der Waals surface area (Å²) in [4.78, 5) is 29.4. The van der Waals surface area contributed by atoms with Crippen molar-refractivity contribution in [2.24, 2.45) is 0 Å². The van der Waals surface area contributed by atoms with Gasteiger partial charge >= 0.3 is 0 Å². The van der Waals surface area contributed by atoms with Gasteiger partial charge < -0.3 is 19.7 Å². The lowest BCUT2D eigenvalue weighted by Gasteiger charge is -2.34. The normalized spacial score (nSPS) is 14.1. The summed E-state index contributed by atoms with van der Waals surface area (Å²) in [5.41, 5.74) is 2.78. The van der Waals surface area contributed by atoms with Crippen LogP contribution in [-0.2, 0) is 26.2 Å². The van der Waals surface area contributed by atoms with Crippen molar-refractivity contribution in [1.82, 2.24) is 10.2 Å². The number of methoxy groups -OCH3 is 2. The summed E-state index contributed by atoms with van der Waals surface area (Å²) in [5, 5.41) is 3.67. The van der Waals surface area contributed by atoms with Crippen molar-refractivity contribution in [1.29, 1.82) is 0 Å². The largest absolute Gasteiger partial charge is 0.493 e. The molecular weight excluding hydrogens is 614 g/mol. The van der Waals surface area contributed by atoms with E-state index < -0.39 is 28.5 Å². The average Bonchev–Trinajstić information content (AvgIpc) is 3.52. The quantitative estimate of drug-likeness (QED) is 0.241. The molecule has 4 rings (SSSR count). The van der Waals surface area contributed by atoms with Gasteiger partial charge in [0.1, 0.15) is 12.6 Å². The number of ether oxygens (including phenoxy) is 2. The maximum atomic E-state index is 14.4. The molecule has 0 saturated heterocycles. The highest BCUT2D eigenvalue weighted by Crippen LogP contribution is 2.33. The molecular formula is C34H42ClN3O6S. The molecule has 1 fully saturated rings. The van der Waals surface area contributed by atoms with Gasteiger partial charge in [0.2, 0.25) is 11.8 Å². The predicted molar refractivity (Wildman–Crippen MR) is 176 cm³/mol. The van der Waals surface area contributed by atoms with Gasteiger partial charge in [0.15, 0.2) is 11.5 Å². The first kappa shape index (κ1) is 34.1. The molecule has 0 spiro atoms. The van der Waals surface area contributed by atoms with Crippen LogP contribution in [0, 0.1) is 13.8 Å². The number of nitrogens with one attached hydrogen (secondary N) is 1. The molecule has 0 aromatic heterocycles. The highest BCUT2D eigenvalue weighted by Gasteiger charge is 2.35. The number of anilines is 1. The molecule has 1 unspecified atom stereocenters. The zero-order valence-corrected chi connectivity index (χ0v) is 28.1. The molecule has 1 aliphatic rings. The van der Waals surface area contributed by atoms with Crippen molar-refractivity contribution in [3.63, 3.8) is 0 Å². The highest BCUT2D eigenvalue weighted by atomic mass is 35.5. The molecule has 11 heteroatoms. The minimum absolute atomic E-state index is 0.0660. The topological polar surface area (TPSA) is 105 Å². The molecule has 0 radical (unpaired) electrons. The van der Waals surface area contributed by atoms with Gasteiger partial charge in [0.25, 0.3) is 10.0 Å². The van der Waals surface area contributed by atoms with Crippen LogP contribution in [0.25, 0.3) is 0 Å². The van der Waals surface area contributed by atoms with Crippen LogP contribution in [0.4, 0.5) is 5.69 Å². The third kappa shape index (κ3) is 8.29. The second kappa shape index (κ2) is 15.0. The summed E-state index contributed by atoms with van der Waals surface area (Å²) >= 11 is 6.12. The second-order valence-corrected chi connectivity index (χ2v) is 13.7. The van der Waals surface area contributed by atoms with Crippen LogP contribution in [0.2, 0.25) is 5.02 Å². The fourth-order valence-corrected chi connectivity index (χ4v) is 7.34. The minimum Gasteiger partial charge on any atom is -0.493 e. The van der Waals surface area contributed by atoms with Crippen LogP contribution in [0.3, 0.4) is 0 Å². The SMILES string of the molecule is CCC(C(=O)NC1CCCC1)N(Cc1ccc(Cl)cc1)C(=O)CN(c1cc(C)cc(C)c1)S(=O)(=O)c1ccc(OC)c(OC)c1. The number of amides is 2. The van der Waals surface area contributed by atoms with Gasteiger partial charge in [0.05, 0.1) is 24.8 Å². The number of carbonyl (C=O) groups excluding carboxylic acids is 2. The Morgan fingerprint density at radius 2 is 1.56 bits per heavy atom. The Labute approximate surface area is 271 Å². The van der Waals surface area contributed by atoms with E-state index in [1.807, 2.05) is 26.8 Å². The molecule has 1 atom stereocenters. The number of sulfonamides is 1. The van der Waals surface area contributed by atoms with Crippen molar-refractivity contribution in [3.05, 3.63) is 82.4 Å². The first-order chi connectivity index (χ1) is 21.5. The van der Waals surface area contributed by atoms with Crippen molar-refractivity contribution < 1.29 is 27.5 Å². The Bertz CT molecular complexity index is 1590. The van der Waals surface area contributed by atoms with Crippen molar-refractivity contribution in [2.75, 3.05) is 25.1 Å². The van der Waals surface area contributed by atoms with Crippen LogP contribution in [0.15, 0.2) is 65.6 Å². The first-order valence-electron chi connectivity index (χ1n) is 15.1. The lowest BCUT2D eigenvalue weighted by atomic mass is 10.1. The summed E-state index contributed by atoms with van der Waals surface area (Å²) in [6.45, 7) is 5.16. The lowest BCUT2D eigenvalue weighted by Crippen LogP contribution is -2.53. The van der Waals surface area contributed by atoms with Gasteiger partial charge in [-0.25, -0.2) is 8.42 Å². The molecule has 45 heavy (non-hydrogen) atoms. The fraction of sp³-hybridized carbons (Fsp3) is 0.412. The zero-order chi connectivity index (χ0) is 32.7. The maximum Gasteiger partial charge on any atom is 0.264 e. The molecule has 1 saturated carbocycles. The van der Waals surface area contributed by atoms with E-state index in [9.17, 15) is 18.0 Å². The molecule has 3 aromatic carbocycles. The Balaban J connectivity index is 1.77. The van der Waals surface area contributed by atoms with Crippen LogP contribution >= 0.6 is 11.6 Å². The number of rotatable bonds is 13. The van der Waals surface area contributed by atoms with Crippen LogP contribution in [0.5, 0.6) is 11.5 Å². The van der Waals surface area contributed by atoms with Gasteiger partial charge in [-0.3, -0.25) is 13.9 Å². The van der Waals surface area contributed by atoms with Crippen LogP contribution < -0.4 is 19.1 Å². The number of carbonyl (C=O) groups is 2. The third-order valence-electron chi connectivity index (χ3n) is 8.07. The number of hydrogen-bond donors (Lipinski definition) is 1. The lowest BCUT2D eigenvalue weighted by molar-refractivity contribution is -0.140. The first-order valence-corrected chi connectivity index (χ1v) is 17.0. The summed E-state index contributed by atoms with van der Waals surface area (Å²) in [7, 11) is -1.40. The van der Waals surface area contributed by atoms with E-state index in [1.54, 1.807) is 36.4 Å². The molecule has 242 valence electrons. The van der Waals surface area contributed by atoms with E-state index in [0.717, 1.165) is 46.7 Å². The smallest absolute Gasteiger partial charge is 0.264 e. The van der Waals surface area contributed by atoms with Crippen molar-refractivity contribution in [2.45, 2.75) is 76.4 Å². The number of halogens is 1. The highest BCUT2D eigenvalue weighted by molar-refractivity contribution is 7.92. The molecule has 0 bridgehead atoms. The summed E-state index contributed by atoms with van der Waals surface area (Å²) in [5.74, 6) is -0.142. The Morgan fingerprint density at radius 3 is 2.13 bits per heavy atom. The van der Waals surface area contributed by atoms with Gasteiger partial charge in [-0.05, 0) is 86.2 Å². The monoisotopic (exact) mass is 655 g/mol. The molecule has 3 aromatic rings. The predicted octanol–water partition coefficient (Wildman–Crippen LogP) is 6.04. The third-order valence-corrected chi connectivity index (χ3v) is 10.1. The van der Waals surface area contributed by atoms with E-state index in [0.29, 0.717) is 22.9 Å². The summed E-state index contributed by atoms with van der Waals surface area (Å²) < 4.78 is 40.5. The number of hydrogen-bond acceptors (Lipinski definition) is 6. The summed E-state index contributed by atoms with van der Waals surface area (Å²) in [6.07, 6.45) is 4.25. The fourth-order valence-electron chi connectivity index (χ4n) is 5.80. The van der Waals surface area contributed by atoms with Crippen molar-refractivity contribution in [3.8, 4) is 11.5 Å². The van der Waals surface area contributed by atoms with Crippen LogP contribution in [0.1, 0.15) is 55.7 Å². The number of benzene rings is 3. The molecule has 1 N–H and O–H groups in total. The van der Waals surface area contributed by atoms with Crippen LogP contribution in [-0.4, -0.2) is 58.0 Å². The van der Waals surface area contributed by atoms with Gasteiger partial charge in [-0.2, -0.15) is 0 Å². The Morgan fingerprint density at radius 1 is 0.933 bits per heavy atom. The number of aryl methyl sites for hydroxylation is 2. The minimum atomic E-state index is -4.29. The molecule has 0 heterocycles. The van der Waals surface area contributed by atoms with Gasteiger partial charge in [-0.1, -0.05) is 49.6 Å². The Hall–Kier alpha value is -3.76. The maximum absolute atomic E-state index is 14.4. The average molecular weight is 656 g/mol. The van der Waals surface area contributed by atoms with Gasteiger partial charge in [0, 0.05) is 23.7 Å². The zero-order valence-electron chi connectivity index (χ0n) is 26.5. The second-order valence-electron chi connectivity index (χ2n) is 11.4.